The number of nitro groups is 1. The van der Waals surface area contributed by atoms with Gasteiger partial charge in [-0.15, -0.1) is 11.3 Å². The lowest BCUT2D eigenvalue weighted by Gasteiger charge is -2.08. The van der Waals surface area contributed by atoms with E-state index < -0.39 is 22.8 Å². The molecule has 0 aliphatic heterocycles. The number of nitrogens with one attached hydrogen (secondary N) is 2. The van der Waals surface area contributed by atoms with Gasteiger partial charge in [-0.1, -0.05) is 0 Å². The van der Waals surface area contributed by atoms with Crippen LogP contribution in [-0.4, -0.2) is 29.9 Å². The van der Waals surface area contributed by atoms with Crippen LogP contribution in [0.1, 0.15) is 37.6 Å². The second-order valence-electron chi connectivity index (χ2n) is 5.77. The number of thiophene rings is 1. The van der Waals surface area contributed by atoms with E-state index in [1.807, 2.05) is 0 Å². The van der Waals surface area contributed by atoms with Crippen LogP contribution in [0.15, 0.2) is 24.3 Å². The van der Waals surface area contributed by atoms with Gasteiger partial charge in [-0.3, -0.25) is 25.0 Å². The molecule has 9 nitrogen and oxygen atoms in total. The van der Waals surface area contributed by atoms with Gasteiger partial charge in [0.25, 0.3) is 17.5 Å². The molecule has 0 atom stereocenters. The number of methoxy groups -OCH3 is 1. The number of nitrogens with zero attached hydrogens (tertiary/aromatic N) is 1. The molecule has 1 aromatic heterocycles. The average molecular weight is 389 g/mol. The van der Waals surface area contributed by atoms with Crippen molar-refractivity contribution in [1.29, 1.82) is 0 Å². The number of anilines is 1. The van der Waals surface area contributed by atoms with E-state index in [-0.39, 0.29) is 16.8 Å². The molecule has 0 radical (unpaired) electrons. The quantitative estimate of drug-likeness (QED) is 0.611. The first-order valence-corrected chi connectivity index (χ1v) is 8.82. The second kappa shape index (κ2) is 7.54. The Hall–Kier alpha value is -3.27. The maximum absolute atomic E-state index is 12.5. The molecule has 0 bridgehead atoms. The molecule has 0 unspecified atom stereocenters. The number of aryl methyl sites for hydroxylation is 1. The highest BCUT2D eigenvalue weighted by Gasteiger charge is 2.28. The first-order chi connectivity index (χ1) is 12.9. The molecule has 1 aliphatic carbocycles. The lowest BCUT2D eigenvalue weighted by Crippen LogP contribution is -2.31. The Kier molecular flexibility index (Phi) is 5.17. The van der Waals surface area contributed by atoms with Crippen molar-refractivity contribution in [2.75, 3.05) is 12.4 Å². The van der Waals surface area contributed by atoms with Crippen LogP contribution in [0.5, 0.6) is 0 Å². The molecule has 0 fully saturated rings. The fraction of sp³-hybridized carbons (Fsp3) is 0.235. The van der Waals surface area contributed by atoms with Crippen molar-refractivity contribution < 1.29 is 24.0 Å². The number of non-ortho nitro benzene ring substituents is 1. The largest absolute Gasteiger partial charge is 0.453 e. The van der Waals surface area contributed by atoms with Gasteiger partial charge in [0, 0.05) is 22.6 Å². The number of imide groups is 1. The molecular weight excluding hydrogens is 374 g/mol. The van der Waals surface area contributed by atoms with E-state index in [1.54, 1.807) is 0 Å². The number of fused-ring (bicyclic) bond motifs is 1. The van der Waals surface area contributed by atoms with Crippen LogP contribution >= 0.6 is 11.3 Å². The zero-order chi connectivity index (χ0) is 19.6. The number of hydrogen-bond acceptors (Lipinski definition) is 7. The molecule has 1 aliphatic rings. The molecule has 1 heterocycles. The van der Waals surface area contributed by atoms with Crippen molar-refractivity contribution in [2.45, 2.75) is 19.3 Å². The Bertz CT molecular complexity index is 935. The van der Waals surface area contributed by atoms with Crippen molar-refractivity contribution in [2.24, 2.45) is 0 Å². The van der Waals surface area contributed by atoms with Gasteiger partial charge in [-0.25, -0.2) is 4.79 Å². The molecule has 140 valence electrons. The lowest BCUT2D eigenvalue weighted by molar-refractivity contribution is -0.384. The average Bonchev–Trinajstić information content (AvgIpc) is 3.22. The summed E-state index contributed by atoms with van der Waals surface area (Å²) in [5.74, 6) is -1.14. The Morgan fingerprint density at radius 3 is 2.48 bits per heavy atom. The lowest BCUT2D eigenvalue weighted by atomic mass is 10.1. The molecule has 3 rings (SSSR count). The molecule has 10 heteroatoms. The van der Waals surface area contributed by atoms with Crippen molar-refractivity contribution in [1.82, 2.24) is 5.32 Å². The first kappa shape index (κ1) is 18.5. The van der Waals surface area contributed by atoms with Gasteiger partial charge in [-0.05, 0) is 37.0 Å². The summed E-state index contributed by atoms with van der Waals surface area (Å²) in [6.45, 7) is 0. The fourth-order valence-corrected chi connectivity index (χ4v) is 4.13. The van der Waals surface area contributed by atoms with Crippen LogP contribution in [0.3, 0.4) is 0 Å². The summed E-state index contributed by atoms with van der Waals surface area (Å²) in [7, 11) is 1.15. The van der Waals surface area contributed by atoms with Crippen molar-refractivity contribution in [3.05, 3.63) is 55.9 Å². The minimum Gasteiger partial charge on any atom is -0.453 e. The fourth-order valence-electron chi connectivity index (χ4n) is 2.85. The van der Waals surface area contributed by atoms with E-state index in [2.05, 4.69) is 15.4 Å². The van der Waals surface area contributed by atoms with Crippen LogP contribution in [0, 0.1) is 10.1 Å². The van der Waals surface area contributed by atoms with E-state index in [0.29, 0.717) is 11.4 Å². The van der Waals surface area contributed by atoms with E-state index in [0.717, 1.165) is 30.4 Å². The number of benzene rings is 1. The summed E-state index contributed by atoms with van der Waals surface area (Å²) < 4.78 is 4.45. The molecule has 0 saturated carbocycles. The van der Waals surface area contributed by atoms with E-state index in [1.165, 1.54) is 35.6 Å². The molecule has 0 saturated heterocycles. The number of ether oxygens (including phenoxy) is 1. The Labute approximate surface area is 157 Å². The van der Waals surface area contributed by atoms with Gasteiger partial charge < -0.3 is 10.1 Å². The van der Waals surface area contributed by atoms with Crippen molar-refractivity contribution >= 4 is 39.9 Å². The second-order valence-corrected chi connectivity index (χ2v) is 6.87. The van der Waals surface area contributed by atoms with Crippen LogP contribution in [0.25, 0.3) is 0 Å². The number of amides is 3. The molecule has 3 amide bonds. The minimum atomic E-state index is -0.884. The maximum atomic E-state index is 12.5. The van der Waals surface area contributed by atoms with Crippen LogP contribution in [-0.2, 0) is 17.6 Å². The summed E-state index contributed by atoms with van der Waals surface area (Å²) >= 11 is 1.29. The van der Waals surface area contributed by atoms with Crippen LogP contribution < -0.4 is 10.6 Å². The Morgan fingerprint density at radius 2 is 1.85 bits per heavy atom. The predicted molar refractivity (Wildman–Crippen MR) is 97.3 cm³/mol. The zero-order valence-corrected chi connectivity index (χ0v) is 15.1. The maximum Gasteiger partial charge on any atom is 0.413 e. The number of carbonyl (C=O) groups excluding carboxylic acids is 3. The summed E-state index contributed by atoms with van der Waals surface area (Å²) in [5.41, 5.74) is 1.17. The Balaban J connectivity index is 1.86. The standard InChI is InChI=1S/C17H15N3O6S/c1-26-17(23)19-15(22)13-11-3-2-4-12(11)27-16(13)18-14(21)9-5-7-10(8-6-9)20(24)25/h5-8H,2-4H2,1H3,(H,18,21)(H,19,22,23). The number of alkyl carbamates (subject to hydrolysis) is 1. The summed E-state index contributed by atoms with van der Waals surface area (Å²) in [6.07, 6.45) is 1.50. The number of rotatable bonds is 4. The predicted octanol–water partition coefficient (Wildman–Crippen LogP) is 2.89. The number of nitro benzene ring substituents is 1. The van der Waals surface area contributed by atoms with Gasteiger partial charge in [0.15, 0.2) is 0 Å². The topological polar surface area (TPSA) is 128 Å². The molecule has 2 N–H and O–H groups in total. The van der Waals surface area contributed by atoms with Gasteiger partial charge in [0.1, 0.15) is 5.00 Å². The van der Waals surface area contributed by atoms with E-state index >= 15 is 0 Å². The Morgan fingerprint density at radius 1 is 1.15 bits per heavy atom. The molecule has 1 aromatic carbocycles. The van der Waals surface area contributed by atoms with Crippen LogP contribution in [0.2, 0.25) is 0 Å². The monoisotopic (exact) mass is 389 g/mol. The van der Waals surface area contributed by atoms with E-state index in [9.17, 15) is 24.5 Å². The summed E-state index contributed by atoms with van der Waals surface area (Å²) in [6, 6.07) is 5.13. The molecule has 0 spiro atoms. The third-order valence-electron chi connectivity index (χ3n) is 4.12. The highest BCUT2D eigenvalue weighted by atomic mass is 32.1. The highest BCUT2D eigenvalue weighted by Crippen LogP contribution is 2.39. The molecule has 2 aromatic rings. The first-order valence-electron chi connectivity index (χ1n) is 8.00. The zero-order valence-electron chi connectivity index (χ0n) is 14.2. The smallest absolute Gasteiger partial charge is 0.413 e. The van der Waals surface area contributed by atoms with Crippen molar-refractivity contribution in [3.63, 3.8) is 0 Å². The normalized spacial score (nSPS) is 12.2. The summed E-state index contributed by atoms with van der Waals surface area (Å²) in [4.78, 5) is 47.5. The van der Waals surface area contributed by atoms with Gasteiger partial charge in [0.2, 0.25) is 0 Å². The molecule has 27 heavy (non-hydrogen) atoms. The van der Waals surface area contributed by atoms with Crippen LogP contribution in [0.4, 0.5) is 15.5 Å². The third-order valence-corrected chi connectivity index (χ3v) is 5.32. The highest BCUT2D eigenvalue weighted by molar-refractivity contribution is 7.17. The number of hydrogen-bond donors (Lipinski definition) is 2. The van der Waals surface area contributed by atoms with E-state index in [4.69, 9.17) is 0 Å². The summed E-state index contributed by atoms with van der Waals surface area (Å²) in [5, 5.41) is 15.8. The SMILES string of the molecule is COC(=O)NC(=O)c1c(NC(=O)c2ccc([N+](=O)[O-])cc2)sc2c1CCC2. The molecular formula is C17H15N3O6S. The number of carbonyl (C=O) groups is 3. The van der Waals surface area contributed by atoms with Gasteiger partial charge >= 0.3 is 6.09 Å². The van der Waals surface area contributed by atoms with Gasteiger partial charge in [-0.2, -0.15) is 0 Å². The minimum absolute atomic E-state index is 0.125. The van der Waals surface area contributed by atoms with Gasteiger partial charge in [0.05, 0.1) is 17.6 Å². The third kappa shape index (κ3) is 3.80. The van der Waals surface area contributed by atoms with Crippen molar-refractivity contribution in [3.8, 4) is 0 Å².